The van der Waals surface area contributed by atoms with Crippen molar-refractivity contribution < 1.29 is 41.9 Å². The topological polar surface area (TPSA) is 69.0 Å². The maximum Gasteiger partial charge on any atom is 0.414 e. The van der Waals surface area contributed by atoms with Gasteiger partial charge in [-0.1, -0.05) is 0 Å². The molecule has 3 rings (SSSR count). The maximum absolute atomic E-state index is 12.2. The molecule has 0 saturated carbocycles. The highest BCUT2D eigenvalue weighted by Gasteiger charge is 2.39. The van der Waals surface area contributed by atoms with Crippen molar-refractivity contribution in [1.82, 2.24) is 5.48 Å². The molecule has 0 radical (unpaired) electrons. The van der Waals surface area contributed by atoms with Gasteiger partial charge in [0.1, 0.15) is 11.3 Å². The molecule has 7 nitrogen and oxygen atoms in total. The van der Waals surface area contributed by atoms with Gasteiger partial charge < -0.3 is 9.47 Å². The van der Waals surface area contributed by atoms with E-state index in [1.807, 2.05) is 6.92 Å². The first kappa shape index (κ1) is 21.5. The number of hydrogen-bond acceptors (Lipinski definition) is 6. The third-order valence-electron chi connectivity index (χ3n) is 4.07. The van der Waals surface area contributed by atoms with Crippen LogP contribution >= 0.6 is 0 Å². The van der Waals surface area contributed by atoms with Gasteiger partial charge in [0.05, 0.1) is 26.9 Å². The maximum atomic E-state index is 12.2. The number of esters is 1. The van der Waals surface area contributed by atoms with Crippen LogP contribution in [0.15, 0.2) is 46.2 Å². The van der Waals surface area contributed by atoms with E-state index in [1.54, 1.807) is 19.9 Å². The van der Waals surface area contributed by atoms with Crippen molar-refractivity contribution in [3.05, 3.63) is 46.2 Å². The van der Waals surface area contributed by atoms with Crippen molar-refractivity contribution in [3.8, 4) is 0 Å². The summed E-state index contributed by atoms with van der Waals surface area (Å²) < 4.78 is 47.9. The van der Waals surface area contributed by atoms with Gasteiger partial charge in [-0.3, -0.25) is 10.3 Å². The van der Waals surface area contributed by atoms with Crippen LogP contribution < -0.4 is 5.48 Å². The lowest BCUT2D eigenvalue weighted by atomic mass is 9.91. The fourth-order valence-corrected chi connectivity index (χ4v) is 2.66. The second-order valence-corrected chi connectivity index (χ2v) is 6.20. The minimum absolute atomic E-state index is 0.196. The quantitative estimate of drug-likeness (QED) is 0.232. The lowest BCUT2D eigenvalue weighted by Gasteiger charge is -2.24. The summed E-state index contributed by atoms with van der Waals surface area (Å²) in [4.78, 5) is 22.4. The first-order valence-electron chi connectivity index (χ1n) is 8.28. The minimum Gasteiger partial charge on any atom is -0.503 e. The molecule has 0 amide bonds. The van der Waals surface area contributed by atoms with Crippen LogP contribution in [0.3, 0.4) is 0 Å². The molecule has 0 unspecified atom stereocenters. The van der Waals surface area contributed by atoms with Gasteiger partial charge in [0.15, 0.2) is 6.61 Å². The monoisotopic (exact) mass is 403 g/mol. The van der Waals surface area contributed by atoms with E-state index < -0.39 is 18.8 Å². The zero-order valence-electron chi connectivity index (χ0n) is 16.2. The average Bonchev–Trinajstić information content (AvgIpc) is 2.63. The van der Waals surface area contributed by atoms with Gasteiger partial charge in [-0.25, -0.2) is 9.63 Å². The van der Waals surface area contributed by atoms with Crippen LogP contribution in [0, 0.1) is 0 Å². The molecular weight excluding hydrogens is 381 g/mol. The Morgan fingerprint density at radius 2 is 2.04 bits per heavy atom. The number of fused-ring (bicyclic) bond motifs is 2. The standard InChI is InChI=1S/C18H22F3N2O5/c1-10-6-13-7-14(15(8-25-4)17(24)26-5)16(10)28-23(13)12(3)11(2)22-27-9-18(19,20)21/h7-8,22H,6,9H2,1-5H3/q+1. The van der Waals surface area contributed by atoms with Gasteiger partial charge in [-0.15, -0.1) is 0 Å². The summed E-state index contributed by atoms with van der Waals surface area (Å²) in [6.45, 7) is 3.67. The normalized spacial score (nSPS) is 17.9. The van der Waals surface area contributed by atoms with Gasteiger partial charge in [0.25, 0.3) is 5.70 Å². The van der Waals surface area contributed by atoms with Gasteiger partial charge in [-0.05, 0) is 19.4 Å². The number of allylic oxidation sites excluding steroid dienone is 5. The largest absolute Gasteiger partial charge is 0.503 e. The number of carbonyl (C=O) groups excluding carboxylic acids is 1. The summed E-state index contributed by atoms with van der Waals surface area (Å²) in [5.74, 6) is -0.130. The van der Waals surface area contributed by atoms with Crippen molar-refractivity contribution in [3.63, 3.8) is 0 Å². The van der Waals surface area contributed by atoms with Crippen LogP contribution in [0.25, 0.3) is 0 Å². The summed E-state index contributed by atoms with van der Waals surface area (Å²) in [7, 11) is 2.67. The third kappa shape index (κ3) is 4.75. The molecule has 0 fully saturated rings. The fourth-order valence-electron chi connectivity index (χ4n) is 2.66. The van der Waals surface area contributed by atoms with Crippen molar-refractivity contribution in [2.24, 2.45) is 0 Å². The summed E-state index contributed by atoms with van der Waals surface area (Å²) in [6, 6.07) is 0. The number of halogens is 3. The number of carbonyl (C=O) groups is 1. The molecule has 154 valence electrons. The van der Waals surface area contributed by atoms with Crippen LogP contribution in [0.5, 0.6) is 0 Å². The molecule has 1 N–H and O–H groups in total. The average molecular weight is 403 g/mol. The van der Waals surface area contributed by atoms with Gasteiger partial charge >= 0.3 is 12.1 Å². The lowest BCUT2D eigenvalue weighted by Crippen LogP contribution is -2.33. The van der Waals surface area contributed by atoms with Crippen LogP contribution in [0.4, 0.5) is 13.2 Å². The SMILES string of the molecule is COC=C(C(=O)OC)C1=CC2=[N+](C(C)=C(C)NOCC(F)(F)F)OC1=C(C)C2. The second kappa shape index (κ2) is 8.51. The molecule has 10 heteroatoms. The Balaban J connectivity index is 2.34. The van der Waals surface area contributed by atoms with E-state index in [0.717, 1.165) is 5.57 Å². The van der Waals surface area contributed by atoms with Crippen LogP contribution in [-0.2, 0) is 23.9 Å². The molecule has 0 atom stereocenters. The Bertz CT molecular complexity index is 820. The summed E-state index contributed by atoms with van der Waals surface area (Å²) in [5, 5.41) is 0. The molecular formula is C18H22F3N2O5+. The van der Waals surface area contributed by atoms with Crippen LogP contribution in [-0.4, -0.2) is 43.4 Å². The number of alkyl halides is 3. The molecule has 0 aromatic heterocycles. The fraction of sp³-hybridized carbons (Fsp3) is 0.444. The number of rotatable bonds is 7. The molecule has 2 heterocycles. The Labute approximate surface area is 160 Å². The highest BCUT2D eigenvalue weighted by molar-refractivity contribution is 6.02. The van der Waals surface area contributed by atoms with Crippen molar-refractivity contribution in [2.45, 2.75) is 33.4 Å². The van der Waals surface area contributed by atoms with Crippen molar-refractivity contribution in [2.75, 3.05) is 20.8 Å². The summed E-state index contributed by atoms with van der Waals surface area (Å²) in [6.07, 6.45) is -0.864. The van der Waals surface area contributed by atoms with E-state index >= 15 is 0 Å². The van der Waals surface area contributed by atoms with E-state index in [0.29, 0.717) is 34.9 Å². The van der Waals surface area contributed by atoms with E-state index in [4.69, 9.17) is 14.3 Å². The molecule has 2 aliphatic heterocycles. The third-order valence-corrected chi connectivity index (χ3v) is 4.07. The van der Waals surface area contributed by atoms with Gasteiger partial charge in [0.2, 0.25) is 11.5 Å². The Morgan fingerprint density at radius 1 is 1.36 bits per heavy atom. The molecule has 0 aromatic carbocycles. The Kier molecular flexibility index (Phi) is 6.55. The predicted octanol–water partition coefficient (Wildman–Crippen LogP) is 3.03. The van der Waals surface area contributed by atoms with Gasteiger partial charge in [-0.2, -0.15) is 13.2 Å². The molecule has 28 heavy (non-hydrogen) atoms. The molecule has 3 aliphatic rings. The number of methoxy groups -OCH3 is 2. The number of ether oxygens (including phenoxy) is 2. The zero-order chi connectivity index (χ0) is 21.1. The molecule has 0 spiro atoms. The Hall–Kier alpha value is -2.75. The zero-order valence-corrected chi connectivity index (χ0v) is 16.2. The highest BCUT2D eigenvalue weighted by Crippen LogP contribution is 2.35. The van der Waals surface area contributed by atoms with Crippen molar-refractivity contribution >= 4 is 11.7 Å². The first-order valence-corrected chi connectivity index (χ1v) is 8.28. The van der Waals surface area contributed by atoms with Gasteiger partial charge in [0, 0.05) is 23.3 Å². The molecule has 0 saturated heterocycles. The van der Waals surface area contributed by atoms with Crippen LogP contribution in [0.1, 0.15) is 27.2 Å². The van der Waals surface area contributed by atoms with E-state index in [-0.39, 0.29) is 5.57 Å². The van der Waals surface area contributed by atoms with E-state index in [1.165, 1.54) is 25.2 Å². The van der Waals surface area contributed by atoms with Crippen molar-refractivity contribution in [1.29, 1.82) is 0 Å². The van der Waals surface area contributed by atoms with Crippen LogP contribution in [0.2, 0.25) is 0 Å². The highest BCUT2D eigenvalue weighted by atomic mass is 19.4. The molecule has 2 bridgehead atoms. The minimum atomic E-state index is -4.44. The van der Waals surface area contributed by atoms with E-state index in [9.17, 15) is 18.0 Å². The smallest absolute Gasteiger partial charge is 0.414 e. The number of hydroxylamine groups is 2. The predicted molar refractivity (Wildman–Crippen MR) is 92.4 cm³/mol. The second-order valence-electron chi connectivity index (χ2n) is 6.20. The molecule has 1 aliphatic carbocycles. The first-order chi connectivity index (χ1) is 13.1. The summed E-state index contributed by atoms with van der Waals surface area (Å²) in [5.41, 5.74) is 5.42. The number of nitrogens with zero attached hydrogens (tertiary/aromatic N) is 1. The molecule has 0 aromatic rings. The number of hydrogen-bond donors (Lipinski definition) is 1. The number of nitrogens with one attached hydrogen (secondary N) is 1. The summed E-state index contributed by atoms with van der Waals surface area (Å²) >= 11 is 0. The van der Waals surface area contributed by atoms with E-state index in [2.05, 4.69) is 10.3 Å². The lowest BCUT2D eigenvalue weighted by molar-refractivity contribution is -0.741. The Morgan fingerprint density at radius 3 is 2.57 bits per heavy atom.